The topological polar surface area (TPSA) is 68.0 Å². The van der Waals surface area contributed by atoms with Crippen LogP contribution in [0.25, 0.3) is 17.1 Å². The number of aromatic nitrogens is 3. The Kier molecular flexibility index (Phi) is 2.44. The first-order chi connectivity index (χ1) is 7.58. The van der Waals surface area contributed by atoms with E-state index in [2.05, 4.69) is 10.2 Å². The standard InChI is InChI=1S/C11H11N3O2/c1-7-5-8-6-9(3-4-10(15)16)14(2)11(8)13-12-7/h3-6H,1-2H3,(H,15,16). The van der Waals surface area contributed by atoms with Crippen molar-refractivity contribution in [3.05, 3.63) is 29.6 Å². The summed E-state index contributed by atoms with van der Waals surface area (Å²) in [5.74, 6) is -0.965. The second-order valence-corrected chi connectivity index (χ2v) is 3.56. The van der Waals surface area contributed by atoms with Gasteiger partial charge >= 0.3 is 5.97 Å². The number of carbonyl (C=O) groups is 1. The lowest BCUT2D eigenvalue weighted by molar-refractivity contribution is -0.131. The highest BCUT2D eigenvalue weighted by atomic mass is 16.4. The molecule has 0 spiro atoms. The number of aliphatic carboxylic acids is 1. The van der Waals surface area contributed by atoms with Crippen molar-refractivity contribution >= 4 is 23.1 Å². The van der Waals surface area contributed by atoms with Gasteiger partial charge in [-0.15, -0.1) is 5.10 Å². The predicted octanol–water partition coefficient (Wildman–Crippen LogP) is 1.37. The van der Waals surface area contributed by atoms with Crippen molar-refractivity contribution in [2.24, 2.45) is 7.05 Å². The molecular formula is C11H11N3O2. The lowest BCUT2D eigenvalue weighted by atomic mass is 10.3. The van der Waals surface area contributed by atoms with Crippen LogP contribution in [-0.2, 0) is 11.8 Å². The van der Waals surface area contributed by atoms with Crippen LogP contribution in [0, 0.1) is 6.92 Å². The Balaban J connectivity index is 2.55. The van der Waals surface area contributed by atoms with E-state index >= 15 is 0 Å². The molecule has 0 aliphatic carbocycles. The van der Waals surface area contributed by atoms with Crippen LogP contribution in [0.1, 0.15) is 11.4 Å². The van der Waals surface area contributed by atoms with Crippen LogP contribution in [0.2, 0.25) is 0 Å². The molecule has 5 heteroatoms. The summed E-state index contributed by atoms with van der Waals surface area (Å²) in [6.07, 6.45) is 2.65. The van der Waals surface area contributed by atoms with Crippen LogP contribution in [0.5, 0.6) is 0 Å². The molecule has 82 valence electrons. The van der Waals surface area contributed by atoms with Crippen molar-refractivity contribution in [2.75, 3.05) is 0 Å². The largest absolute Gasteiger partial charge is 0.478 e. The highest BCUT2D eigenvalue weighted by molar-refractivity contribution is 5.87. The first kappa shape index (κ1) is 10.4. The molecule has 1 N–H and O–H groups in total. The fraction of sp³-hybridized carbons (Fsp3) is 0.182. The normalized spacial score (nSPS) is 11.4. The van der Waals surface area contributed by atoms with Crippen molar-refractivity contribution in [3.63, 3.8) is 0 Å². The molecule has 0 saturated heterocycles. The second kappa shape index (κ2) is 3.77. The van der Waals surface area contributed by atoms with E-state index in [4.69, 9.17) is 5.11 Å². The van der Waals surface area contributed by atoms with Gasteiger partial charge in [0.15, 0.2) is 5.65 Å². The monoisotopic (exact) mass is 217 g/mol. The van der Waals surface area contributed by atoms with Crippen molar-refractivity contribution in [2.45, 2.75) is 6.92 Å². The molecule has 0 aromatic carbocycles. The number of aryl methyl sites for hydroxylation is 2. The summed E-state index contributed by atoms with van der Waals surface area (Å²) in [6.45, 7) is 1.87. The third-order valence-corrected chi connectivity index (χ3v) is 2.33. The van der Waals surface area contributed by atoms with E-state index < -0.39 is 5.97 Å². The van der Waals surface area contributed by atoms with Crippen LogP contribution < -0.4 is 0 Å². The minimum absolute atomic E-state index is 0.746. The number of rotatable bonds is 2. The molecule has 0 aliphatic rings. The molecule has 0 saturated carbocycles. The Morgan fingerprint density at radius 1 is 1.44 bits per heavy atom. The van der Waals surface area contributed by atoms with Crippen LogP contribution in [0.15, 0.2) is 18.2 Å². The summed E-state index contributed by atoms with van der Waals surface area (Å²) in [7, 11) is 1.83. The average molecular weight is 217 g/mol. The molecule has 0 aliphatic heterocycles. The van der Waals surface area contributed by atoms with Gasteiger partial charge in [0.05, 0.1) is 5.69 Å². The van der Waals surface area contributed by atoms with E-state index in [9.17, 15) is 4.79 Å². The summed E-state index contributed by atoms with van der Waals surface area (Å²) in [4.78, 5) is 10.4. The maximum absolute atomic E-state index is 10.4. The van der Waals surface area contributed by atoms with Crippen LogP contribution in [0.4, 0.5) is 0 Å². The quantitative estimate of drug-likeness (QED) is 0.771. The van der Waals surface area contributed by atoms with Crippen LogP contribution in [-0.4, -0.2) is 25.8 Å². The maximum atomic E-state index is 10.4. The van der Waals surface area contributed by atoms with Gasteiger partial charge in [0.2, 0.25) is 0 Å². The highest BCUT2D eigenvalue weighted by Crippen LogP contribution is 2.17. The van der Waals surface area contributed by atoms with Gasteiger partial charge in [-0.05, 0) is 25.1 Å². The molecule has 0 fully saturated rings. The van der Waals surface area contributed by atoms with Gasteiger partial charge in [0, 0.05) is 24.2 Å². The first-order valence-electron chi connectivity index (χ1n) is 4.78. The van der Waals surface area contributed by atoms with E-state index in [1.165, 1.54) is 0 Å². The van der Waals surface area contributed by atoms with Crippen molar-refractivity contribution in [1.29, 1.82) is 0 Å². The number of hydrogen-bond acceptors (Lipinski definition) is 3. The minimum atomic E-state index is -0.965. The zero-order valence-corrected chi connectivity index (χ0v) is 9.01. The third kappa shape index (κ3) is 1.79. The predicted molar refractivity (Wildman–Crippen MR) is 59.9 cm³/mol. The van der Waals surface area contributed by atoms with Gasteiger partial charge in [0.25, 0.3) is 0 Å². The van der Waals surface area contributed by atoms with Gasteiger partial charge in [-0.2, -0.15) is 5.10 Å². The van der Waals surface area contributed by atoms with Crippen molar-refractivity contribution < 1.29 is 9.90 Å². The number of nitrogens with zero attached hydrogens (tertiary/aromatic N) is 3. The minimum Gasteiger partial charge on any atom is -0.478 e. The summed E-state index contributed by atoms with van der Waals surface area (Å²) in [5.41, 5.74) is 2.37. The summed E-state index contributed by atoms with van der Waals surface area (Å²) < 4.78 is 1.81. The molecule has 2 rings (SSSR count). The van der Waals surface area contributed by atoms with E-state index in [1.54, 1.807) is 10.6 Å². The Labute approximate surface area is 92.0 Å². The smallest absolute Gasteiger partial charge is 0.328 e. The molecule has 2 aromatic rings. The highest BCUT2D eigenvalue weighted by Gasteiger charge is 2.05. The maximum Gasteiger partial charge on any atom is 0.328 e. The van der Waals surface area contributed by atoms with Crippen molar-refractivity contribution in [3.8, 4) is 0 Å². The summed E-state index contributed by atoms with van der Waals surface area (Å²) >= 11 is 0. The Morgan fingerprint density at radius 2 is 2.19 bits per heavy atom. The lowest BCUT2D eigenvalue weighted by Gasteiger charge is -1.97. The van der Waals surface area contributed by atoms with Gasteiger partial charge in [-0.25, -0.2) is 4.79 Å². The Morgan fingerprint density at radius 3 is 2.88 bits per heavy atom. The Hall–Kier alpha value is -2.17. The summed E-state index contributed by atoms with van der Waals surface area (Å²) in [6, 6.07) is 3.80. The fourth-order valence-corrected chi connectivity index (χ4v) is 1.56. The van der Waals surface area contributed by atoms with E-state index in [1.807, 2.05) is 26.1 Å². The van der Waals surface area contributed by atoms with Crippen LogP contribution in [0.3, 0.4) is 0 Å². The lowest BCUT2D eigenvalue weighted by Crippen LogP contribution is -1.95. The number of carboxylic acid groups (broad SMARTS) is 1. The SMILES string of the molecule is Cc1cc2cc(C=CC(=O)O)n(C)c2nn1. The average Bonchev–Trinajstić information content (AvgIpc) is 2.52. The van der Waals surface area contributed by atoms with Gasteiger partial charge < -0.3 is 9.67 Å². The molecule has 5 nitrogen and oxygen atoms in total. The number of fused-ring (bicyclic) bond motifs is 1. The zero-order chi connectivity index (χ0) is 11.7. The zero-order valence-electron chi connectivity index (χ0n) is 9.01. The Bertz CT molecular complexity index is 584. The van der Waals surface area contributed by atoms with Crippen molar-refractivity contribution in [1.82, 2.24) is 14.8 Å². The first-order valence-corrected chi connectivity index (χ1v) is 4.78. The summed E-state index contributed by atoms with van der Waals surface area (Å²) in [5, 5.41) is 17.5. The van der Waals surface area contributed by atoms with Gasteiger partial charge in [-0.1, -0.05) is 0 Å². The molecular weight excluding hydrogens is 206 g/mol. The molecule has 0 bridgehead atoms. The second-order valence-electron chi connectivity index (χ2n) is 3.56. The van der Waals surface area contributed by atoms with Gasteiger partial charge in [0.1, 0.15) is 0 Å². The number of carboxylic acids is 1. The third-order valence-electron chi connectivity index (χ3n) is 2.33. The van der Waals surface area contributed by atoms with E-state index in [0.29, 0.717) is 0 Å². The van der Waals surface area contributed by atoms with Crippen LogP contribution >= 0.6 is 0 Å². The molecule has 2 aromatic heterocycles. The molecule has 0 amide bonds. The molecule has 0 radical (unpaired) electrons. The van der Waals surface area contributed by atoms with E-state index in [0.717, 1.165) is 28.5 Å². The molecule has 0 atom stereocenters. The van der Waals surface area contributed by atoms with Gasteiger partial charge in [-0.3, -0.25) is 0 Å². The molecule has 0 unspecified atom stereocenters. The number of hydrogen-bond donors (Lipinski definition) is 1. The van der Waals surface area contributed by atoms with E-state index in [-0.39, 0.29) is 0 Å². The molecule has 16 heavy (non-hydrogen) atoms. The fourth-order valence-electron chi connectivity index (χ4n) is 1.56. The molecule has 2 heterocycles.